The van der Waals surface area contributed by atoms with Crippen molar-refractivity contribution in [2.45, 2.75) is 46.1 Å². The van der Waals surface area contributed by atoms with Crippen molar-refractivity contribution in [3.63, 3.8) is 0 Å². The van der Waals surface area contributed by atoms with Crippen LogP contribution in [0, 0.1) is 26.6 Å². The number of aromatic nitrogens is 2. The summed E-state index contributed by atoms with van der Waals surface area (Å²) in [6.45, 7) is 5.38. The van der Waals surface area contributed by atoms with Crippen molar-refractivity contribution in [2.24, 2.45) is 0 Å². The van der Waals surface area contributed by atoms with Gasteiger partial charge in [-0.2, -0.15) is 5.10 Å². The summed E-state index contributed by atoms with van der Waals surface area (Å²) in [5, 5.41) is 7.86. The second-order valence-electron chi connectivity index (χ2n) is 8.88. The van der Waals surface area contributed by atoms with Gasteiger partial charge in [0.15, 0.2) is 11.6 Å². The summed E-state index contributed by atoms with van der Waals surface area (Å²) in [5.74, 6) is -1.40. The first-order chi connectivity index (χ1) is 16.5. The normalized spacial score (nSPS) is 13.7. The number of ether oxygens (including phenoxy) is 1. The summed E-state index contributed by atoms with van der Waals surface area (Å²) in [5.41, 5.74) is 6.01. The quantitative estimate of drug-likeness (QED) is 0.464. The third kappa shape index (κ3) is 5.83. The predicted octanol–water partition coefficient (Wildman–Crippen LogP) is 4.32. The van der Waals surface area contributed by atoms with Gasteiger partial charge in [-0.1, -0.05) is 35.9 Å². The van der Waals surface area contributed by atoms with Crippen molar-refractivity contribution in [1.29, 1.82) is 0 Å². The fourth-order valence-electron chi connectivity index (χ4n) is 3.73. The Labute approximate surface area is 204 Å². The number of rotatable bonds is 8. The summed E-state index contributed by atoms with van der Waals surface area (Å²) >= 11 is 0. The molecule has 4 rings (SSSR count). The minimum absolute atomic E-state index is 0.0667. The van der Waals surface area contributed by atoms with E-state index >= 15 is 0 Å². The molecule has 1 aliphatic carbocycles. The number of benzene rings is 2. The maximum Gasteiger partial charge on any atom is 0.272 e. The standard InChI is InChI=1S/C25H27FN4O4S/c1-15-8-9-19(16(2)12-15)14-30(35(4,32)33)29-24(31)21-13-17(3)27-28-25(21)34-22-7-5-6-20(23(22)26)18-10-11-18/h5-9,12-13,18H,10-11,14H2,1-4H3,(H,29,31). The third-order valence-electron chi connectivity index (χ3n) is 5.78. The molecule has 8 nitrogen and oxygen atoms in total. The zero-order chi connectivity index (χ0) is 25.3. The number of sulfonamides is 1. The first-order valence-corrected chi connectivity index (χ1v) is 13.0. The molecular weight excluding hydrogens is 471 g/mol. The molecule has 1 amide bonds. The van der Waals surface area contributed by atoms with E-state index < -0.39 is 21.7 Å². The first-order valence-electron chi connectivity index (χ1n) is 11.2. The van der Waals surface area contributed by atoms with Gasteiger partial charge in [-0.05, 0) is 68.4 Å². The number of aryl methyl sites for hydroxylation is 3. The van der Waals surface area contributed by atoms with Gasteiger partial charge in [0.05, 0.1) is 18.5 Å². The number of carbonyl (C=O) groups excluding carboxylic acids is 1. The summed E-state index contributed by atoms with van der Waals surface area (Å²) in [7, 11) is -3.83. The fraction of sp³-hybridized carbons (Fsp3) is 0.320. The average Bonchev–Trinajstić information content (AvgIpc) is 3.62. The van der Waals surface area contributed by atoms with Gasteiger partial charge in [0.1, 0.15) is 5.56 Å². The lowest BCUT2D eigenvalue weighted by molar-refractivity contribution is 0.0871. The van der Waals surface area contributed by atoms with Crippen molar-refractivity contribution >= 4 is 15.9 Å². The molecule has 35 heavy (non-hydrogen) atoms. The van der Waals surface area contributed by atoms with E-state index in [1.165, 1.54) is 12.1 Å². The van der Waals surface area contributed by atoms with Crippen LogP contribution < -0.4 is 10.2 Å². The highest BCUT2D eigenvalue weighted by atomic mass is 32.2. The van der Waals surface area contributed by atoms with Crippen molar-refractivity contribution in [1.82, 2.24) is 20.0 Å². The Morgan fingerprint density at radius 1 is 1.14 bits per heavy atom. The Bertz CT molecular complexity index is 1390. The lowest BCUT2D eigenvalue weighted by atomic mass is 10.1. The van der Waals surface area contributed by atoms with Crippen LogP contribution in [-0.2, 0) is 16.6 Å². The van der Waals surface area contributed by atoms with Gasteiger partial charge >= 0.3 is 0 Å². The van der Waals surface area contributed by atoms with Crippen molar-refractivity contribution in [3.05, 3.63) is 81.8 Å². The molecule has 1 aliphatic rings. The molecular formula is C25H27FN4O4S. The third-order valence-corrected chi connectivity index (χ3v) is 6.80. The molecule has 3 aromatic rings. The number of nitrogens with one attached hydrogen (secondary N) is 1. The van der Waals surface area contributed by atoms with Crippen LogP contribution in [0.2, 0.25) is 0 Å². The van der Waals surface area contributed by atoms with E-state index in [0.717, 1.165) is 40.2 Å². The number of hydrogen-bond donors (Lipinski definition) is 1. The number of hydrazine groups is 1. The van der Waals surface area contributed by atoms with Crippen LogP contribution in [0.5, 0.6) is 11.6 Å². The zero-order valence-electron chi connectivity index (χ0n) is 20.0. The molecule has 0 bridgehead atoms. The van der Waals surface area contributed by atoms with Gasteiger partial charge in [-0.15, -0.1) is 9.51 Å². The number of amides is 1. The largest absolute Gasteiger partial charge is 0.434 e. The van der Waals surface area contributed by atoms with Crippen LogP contribution in [0.3, 0.4) is 0 Å². The van der Waals surface area contributed by atoms with Gasteiger partial charge in [0.25, 0.3) is 11.8 Å². The van der Waals surface area contributed by atoms with Gasteiger partial charge in [-0.25, -0.2) is 12.8 Å². The average molecular weight is 499 g/mol. The molecule has 0 spiro atoms. The zero-order valence-corrected chi connectivity index (χ0v) is 20.8. The van der Waals surface area contributed by atoms with Gasteiger partial charge in [-0.3, -0.25) is 10.2 Å². The summed E-state index contributed by atoms with van der Waals surface area (Å²) < 4.78 is 46.5. The van der Waals surface area contributed by atoms with Crippen LogP contribution in [0.15, 0.2) is 42.5 Å². The summed E-state index contributed by atoms with van der Waals surface area (Å²) in [6.07, 6.45) is 2.84. The first kappa shape index (κ1) is 24.7. The molecule has 2 aromatic carbocycles. The molecule has 1 saturated carbocycles. The molecule has 1 fully saturated rings. The number of carbonyl (C=O) groups is 1. The van der Waals surface area contributed by atoms with Gasteiger partial charge in [0, 0.05) is 0 Å². The van der Waals surface area contributed by atoms with E-state index in [1.807, 2.05) is 32.0 Å². The van der Waals surface area contributed by atoms with E-state index in [0.29, 0.717) is 11.3 Å². The van der Waals surface area contributed by atoms with E-state index in [1.54, 1.807) is 19.1 Å². The Morgan fingerprint density at radius 3 is 2.54 bits per heavy atom. The van der Waals surface area contributed by atoms with Crippen molar-refractivity contribution in [2.75, 3.05) is 6.26 Å². The highest BCUT2D eigenvalue weighted by Gasteiger charge is 2.29. The number of nitrogens with zero attached hydrogens (tertiary/aromatic N) is 3. The van der Waals surface area contributed by atoms with Crippen molar-refractivity contribution < 1.29 is 22.3 Å². The molecule has 0 saturated heterocycles. The number of halogens is 1. The van der Waals surface area contributed by atoms with Crippen LogP contribution in [-0.4, -0.2) is 35.2 Å². The van der Waals surface area contributed by atoms with Gasteiger partial charge < -0.3 is 4.74 Å². The number of hydrogen-bond acceptors (Lipinski definition) is 6. The fourth-order valence-corrected chi connectivity index (χ4v) is 4.35. The van der Waals surface area contributed by atoms with Crippen LogP contribution in [0.25, 0.3) is 0 Å². The van der Waals surface area contributed by atoms with E-state index in [9.17, 15) is 17.6 Å². The monoisotopic (exact) mass is 498 g/mol. The SMILES string of the molecule is Cc1ccc(CN(NC(=O)c2cc(C)nnc2Oc2cccc(C3CC3)c2F)S(C)(=O)=O)c(C)c1. The van der Waals surface area contributed by atoms with E-state index in [-0.39, 0.29) is 29.7 Å². The molecule has 10 heteroatoms. The second-order valence-corrected chi connectivity index (χ2v) is 10.8. The summed E-state index contributed by atoms with van der Waals surface area (Å²) in [6, 6.07) is 11.9. The molecule has 1 heterocycles. The minimum Gasteiger partial charge on any atom is -0.434 e. The Morgan fingerprint density at radius 2 is 1.89 bits per heavy atom. The predicted molar refractivity (Wildman–Crippen MR) is 129 cm³/mol. The summed E-state index contributed by atoms with van der Waals surface area (Å²) in [4.78, 5) is 13.2. The highest BCUT2D eigenvalue weighted by molar-refractivity contribution is 7.88. The minimum atomic E-state index is -3.83. The lowest BCUT2D eigenvalue weighted by Gasteiger charge is -2.22. The van der Waals surface area contributed by atoms with Crippen molar-refractivity contribution in [3.8, 4) is 11.6 Å². The Kier molecular flexibility index (Phi) is 6.86. The molecule has 184 valence electrons. The smallest absolute Gasteiger partial charge is 0.272 e. The second kappa shape index (κ2) is 9.71. The molecule has 0 radical (unpaired) electrons. The van der Waals surface area contributed by atoms with Crippen LogP contribution >= 0.6 is 0 Å². The maximum atomic E-state index is 15.0. The topological polar surface area (TPSA) is 101 Å². The highest BCUT2D eigenvalue weighted by Crippen LogP contribution is 2.43. The Balaban J connectivity index is 1.62. The Hall–Kier alpha value is -3.37. The van der Waals surface area contributed by atoms with Gasteiger partial charge in [0.2, 0.25) is 10.0 Å². The van der Waals surface area contributed by atoms with Crippen LogP contribution in [0.4, 0.5) is 4.39 Å². The molecule has 0 unspecified atom stereocenters. The van der Waals surface area contributed by atoms with E-state index in [4.69, 9.17) is 4.74 Å². The van der Waals surface area contributed by atoms with Crippen LogP contribution in [0.1, 0.15) is 57.1 Å². The molecule has 0 atom stereocenters. The van der Waals surface area contributed by atoms with E-state index in [2.05, 4.69) is 15.6 Å². The molecule has 1 N–H and O–H groups in total. The maximum absolute atomic E-state index is 15.0. The molecule has 1 aromatic heterocycles. The lowest BCUT2D eigenvalue weighted by Crippen LogP contribution is -2.45. The molecule has 0 aliphatic heterocycles.